The monoisotopic (exact) mass is 294 g/mol. The summed E-state index contributed by atoms with van der Waals surface area (Å²) >= 11 is 0. The third kappa shape index (κ3) is 2.38. The van der Waals surface area contributed by atoms with E-state index >= 15 is 0 Å². The van der Waals surface area contributed by atoms with Crippen LogP contribution in [0.4, 0.5) is 0 Å². The lowest BCUT2D eigenvalue weighted by atomic mass is 9.98. The first-order valence-electron chi connectivity index (χ1n) is 7.19. The number of hydrogen-bond donors (Lipinski definition) is 1. The first-order valence-corrected chi connectivity index (χ1v) is 7.19. The number of aliphatic hydroxyl groups excluding tert-OH is 1. The van der Waals surface area contributed by atoms with Crippen LogP contribution in [0.2, 0.25) is 0 Å². The summed E-state index contributed by atoms with van der Waals surface area (Å²) in [4.78, 5) is 0. The molecule has 3 aliphatic heterocycles. The molecule has 0 aromatic heterocycles. The molecule has 1 aromatic carbocycles. The molecule has 0 spiro atoms. The minimum Gasteiger partial charge on any atom is -0.387 e. The standard InChI is InChI=1S/C15H18O6/c1-8-18-13-11(16)12-10(20-15(13)19-8)7-17-14(21-12)9-5-3-2-4-6-9/h2-6,8,10-16H,7H2,1H3/t8?,10?,11-,12+,13?,14?,15-/m0/s1. The van der Waals surface area contributed by atoms with Gasteiger partial charge in [0.05, 0.1) is 6.61 Å². The van der Waals surface area contributed by atoms with Crippen LogP contribution in [0.1, 0.15) is 18.8 Å². The second-order valence-corrected chi connectivity index (χ2v) is 5.51. The molecule has 1 N–H and O–H groups in total. The fourth-order valence-corrected chi connectivity index (χ4v) is 3.04. The van der Waals surface area contributed by atoms with Gasteiger partial charge >= 0.3 is 0 Å². The van der Waals surface area contributed by atoms with Crippen molar-refractivity contribution in [3.05, 3.63) is 35.9 Å². The number of hydrogen-bond acceptors (Lipinski definition) is 6. The molecule has 114 valence electrons. The van der Waals surface area contributed by atoms with E-state index < -0.39 is 30.9 Å². The van der Waals surface area contributed by atoms with Gasteiger partial charge in [-0.05, 0) is 6.92 Å². The van der Waals surface area contributed by atoms with Gasteiger partial charge in [-0.1, -0.05) is 30.3 Å². The molecule has 3 fully saturated rings. The van der Waals surface area contributed by atoms with Crippen LogP contribution in [0.25, 0.3) is 0 Å². The number of aliphatic hydroxyl groups is 1. The first kappa shape index (κ1) is 13.6. The Balaban J connectivity index is 1.52. The number of benzene rings is 1. The summed E-state index contributed by atoms with van der Waals surface area (Å²) in [6, 6.07) is 9.65. The first-order chi connectivity index (χ1) is 10.2. The van der Waals surface area contributed by atoms with Gasteiger partial charge in [-0.3, -0.25) is 0 Å². The summed E-state index contributed by atoms with van der Waals surface area (Å²) in [6.45, 7) is 2.13. The molecule has 0 saturated carbocycles. The summed E-state index contributed by atoms with van der Waals surface area (Å²) in [5.74, 6) is 0. The van der Waals surface area contributed by atoms with Crippen molar-refractivity contribution in [2.24, 2.45) is 0 Å². The molecular formula is C15H18O6. The largest absolute Gasteiger partial charge is 0.387 e. The summed E-state index contributed by atoms with van der Waals surface area (Å²) in [5.41, 5.74) is 0.919. The van der Waals surface area contributed by atoms with Gasteiger partial charge in [0.2, 0.25) is 0 Å². The van der Waals surface area contributed by atoms with Gasteiger partial charge in [-0.15, -0.1) is 0 Å². The second-order valence-electron chi connectivity index (χ2n) is 5.51. The van der Waals surface area contributed by atoms with E-state index in [0.717, 1.165) is 5.56 Å². The van der Waals surface area contributed by atoms with Crippen LogP contribution in [-0.2, 0) is 23.7 Å². The van der Waals surface area contributed by atoms with Gasteiger partial charge in [-0.25, -0.2) is 0 Å². The Kier molecular flexibility index (Phi) is 3.45. The highest BCUT2D eigenvalue weighted by molar-refractivity contribution is 5.16. The Morgan fingerprint density at radius 2 is 1.81 bits per heavy atom. The highest BCUT2D eigenvalue weighted by Crippen LogP contribution is 2.37. The summed E-state index contributed by atoms with van der Waals surface area (Å²) < 4.78 is 28.4. The lowest BCUT2D eigenvalue weighted by Crippen LogP contribution is -2.60. The van der Waals surface area contributed by atoms with E-state index in [1.54, 1.807) is 6.92 Å². The molecule has 4 unspecified atom stereocenters. The number of ether oxygens (including phenoxy) is 5. The molecule has 3 aliphatic rings. The van der Waals surface area contributed by atoms with Gasteiger partial charge in [-0.2, -0.15) is 0 Å². The van der Waals surface area contributed by atoms with Gasteiger partial charge in [0.15, 0.2) is 18.9 Å². The van der Waals surface area contributed by atoms with E-state index in [2.05, 4.69) is 0 Å². The van der Waals surface area contributed by atoms with E-state index in [1.165, 1.54) is 0 Å². The van der Waals surface area contributed by atoms with Crippen LogP contribution in [0.3, 0.4) is 0 Å². The zero-order valence-corrected chi connectivity index (χ0v) is 11.6. The lowest BCUT2D eigenvalue weighted by molar-refractivity contribution is -0.338. The molecule has 21 heavy (non-hydrogen) atoms. The smallest absolute Gasteiger partial charge is 0.190 e. The predicted octanol–water partition coefficient (Wildman–Crippen LogP) is 0.948. The fraction of sp³-hybridized carbons (Fsp3) is 0.600. The molecule has 4 rings (SSSR count). The van der Waals surface area contributed by atoms with Crippen molar-refractivity contribution in [2.75, 3.05) is 6.61 Å². The molecule has 0 amide bonds. The summed E-state index contributed by atoms with van der Waals surface area (Å²) in [5, 5.41) is 10.5. The normalized spacial score (nSPS) is 45.9. The third-order valence-electron chi connectivity index (χ3n) is 4.06. The van der Waals surface area contributed by atoms with E-state index in [0.29, 0.717) is 6.61 Å². The Labute approximate surface area is 122 Å². The van der Waals surface area contributed by atoms with Crippen molar-refractivity contribution < 1.29 is 28.8 Å². The molecule has 6 nitrogen and oxygen atoms in total. The van der Waals surface area contributed by atoms with E-state index in [-0.39, 0.29) is 12.4 Å². The molecule has 1 aromatic rings. The molecule has 3 heterocycles. The molecule has 7 atom stereocenters. The molecule has 0 radical (unpaired) electrons. The maximum Gasteiger partial charge on any atom is 0.190 e. The average Bonchev–Trinajstić information content (AvgIpc) is 2.89. The van der Waals surface area contributed by atoms with Crippen molar-refractivity contribution in [2.45, 2.75) is 50.2 Å². The quantitative estimate of drug-likeness (QED) is 0.832. The Hall–Kier alpha value is -1.02. The Bertz CT molecular complexity index is 494. The topological polar surface area (TPSA) is 66.4 Å². The van der Waals surface area contributed by atoms with Crippen LogP contribution < -0.4 is 0 Å². The Morgan fingerprint density at radius 1 is 1.00 bits per heavy atom. The summed E-state index contributed by atoms with van der Waals surface area (Å²) in [6.07, 6.45) is -3.60. The number of fused-ring (bicyclic) bond motifs is 2. The van der Waals surface area contributed by atoms with Crippen molar-refractivity contribution in [1.82, 2.24) is 0 Å². The summed E-state index contributed by atoms with van der Waals surface area (Å²) in [7, 11) is 0. The SMILES string of the molecule is CC1OC2[C@@H](O1)OC1COC(c3ccccc3)O[C@H]1[C@@H]2O. The average molecular weight is 294 g/mol. The molecular weight excluding hydrogens is 276 g/mol. The van der Waals surface area contributed by atoms with Crippen LogP contribution >= 0.6 is 0 Å². The fourth-order valence-electron chi connectivity index (χ4n) is 3.04. The zero-order valence-electron chi connectivity index (χ0n) is 11.6. The highest BCUT2D eigenvalue weighted by Gasteiger charge is 2.53. The van der Waals surface area contributed by atoms with E-state index in [9.17, 15) is 5.11 Å². The molecule has 3 saturated heterocycles. The maximum atomic E-state index is 10.5. The predicted molar refractivity (Wildman–Crippen MR) is 70.1 cm³/mol. The number of rotatable bonds is 1. The van der Waals surface area contributed by atoms with Crippen LogP contribution in [0, 0.1) is 0 Å². The minimum absolute atomic E-state index is 0.349. The van der Waals surface area contributed by atoms with Gasteiger partial charge in [0, 0.05) is 5.56 Å². The van der Waals surface area contributed by atoms with Crippen LogP contribution in [0.5, 0.6) is 0 Å². The van der Waals surface area contributed by atoms with Crippen molar-refractivity contribution in [3.63, 3.8) is 0 Å². The van der Waals surface area contributed by atoms with E-state index in [1.807, 2.05) is 30.3 Å². The van der Waals surface area contributed by atoms with Crippen LogP contribution in [0.15, 0.2) is 30.3 Å². The zero-order chi connectivity index (χ0) is 14.4. The van der Waals surface area contributed by atoms with E-state index in [4.69, 9.17) is 23.7 Å². The maximum absolute atomic E-state index is 10.5. The molecule has 0 bridgehead atoms. The van der Waals surface area contributed by atoms with Gasteiger partial charge in [0.1, 0.15) is 24.4 Å². The second kappa shape index (κ2) is 5.31. The van der Waals surface area contributed by atoms with Crippen molar-refractivity contribution >= 4 is 0 Å². The third-order valence-corrected chi connectivity index (χ3v) is 4.06. The lowest BCUT2D eigenvalue weighted by Gasteiger charge is -2.44. The highest BCUT2D eigenvalue weighted by atomic mass is 16.8. The Morgan fingerprint density at radius 3 is 2.62 bits per heavy atom. The van der Waals surface area contributed by atoms with Crippen LogP contribution in [-0.4, -0.2) is 48.7 Å². The molecule has 0 aliphatic carbocycles. The van der Waals surface area contributed by atoms with Gasteiger partial charge < -0.3 is 28.8 Å². The molecule has 6 heteroatoms. The van der Waals surface area contributed by atoms with Gasteiger partial charge in [0.25, 0.3) is 0 Å². The van der Waals surface area contributed by atoms with Crippen molar-refractivity contribution in [1.29, 1.82) is 0 Å². The van der Waals surface area contributed by atoms with Crippen molar-refractivity contribution in [3.8, 4) is 0 Å². The minimum atomic E-state index is -0.797.